The molecule has 10 heteroatoms. The van der Waals surface area contributed by atoms with Crippen molar-refractivity contribution in [3.05, 3.63) is 24.3 Å². The summed E-state index contributed by atoms with van der Waals surface area (Å²) in [5.41, 5.74) is 0. The van der Waals surface area contributed by atoms with Gasteiger partial charge in [-0.05, 0) is 38.0 Å². The molecule has 1 atom stereocenters. The molecule has 2 fully saturated rings. The normalized spacial score (nSPS) is 23.3. The second-order valence-corrected chi connectivity index (χ2v) is 10.4. The minimum atomic E-state index is -3.71. The van der Waals surface area contributed by atoms with Crippen LogP contribution in [0.15, 0.2) is 34.1 Å². The molecule has 0 aliphatic carbocycles. The van der Waals surface area contributed by atoms with Crippen LogP contribution in [0, 0.1) is 0 Å². The van der Waals surface area contributed by atoms with E-state index in [1.165, 1.54) is 32.9 Å². The van der Waals surface area contributed by atoms with Crippen LogP contribution in [0.3, 0.4) is 0 Å². The Labute approximate surface area is 162 Å². The molecular weight excluding hydrogens is 398 g/mol. The van der Waals surface area contributed by atoms with Crippen molar-refractivity contribution in [2.24, 2.45) is 0 Å². The van der Waals surface area contributed by atoms with E-state index >= 15 is 0 Å². The van der Waals surface area contributed by atoms with E-state index < -0.39 is 20.0 Å². The number of nitrogens with one attached hydrogen (secondary N) is 1. The molecule has 0 aromatic heterocycles. The van der Waals surface area contributed by atoms with E-state index in [1.807, 2.05) is 6.92 Å². The largest absolute Gasteiger partial charge is 0.314 e. The summed E-state index contributed by atoms with van der Waals surface area (Å²) in [6.45, 7) is 4.40. The van der Waals surface area contributed by atoms with Gasteiger partial charge in [0.2, 0.25) is 20.0 Å². The van der Waals surface area contributed by atoms with Crippen molar-refractivity contribution in [3.8, 4) is 0 Å². The number of nitrogens with zero attached hydrogens (tertiary/aromatic N) is 2. The molecular formula is C16H26ClN3O4S2. The van der Waals surface area contributed by atoms with Gasteiger partial charge in [-0.15, -0.1) is 12.4 Å². The fourth-order valence-corrected chi connectivity index (χ4v) is 6.68. The summed E-state index contributed by atoms with van der Waals surface area (Å²) in [5, 5.41) is 3.16. The highest BCUT2D eigenvalue weighted by molar-refractivity contribution is 7.90. The van der Waals surface area contributed by atoms with Crippen LogP contribution in [0.1, 0.15) is 26.2 Å². The fourth-order valence-electron chi connectivity index (χ4n) is 3.36. The third kappa shape index (κ3) is 4.23. The lowest BCUT2D eigenvalue weighted by Gasteiger charge is -2.33. The van der Waals surface area contributed by atoms with Gasteiger partial charge in [-0.1, -0.05) is 12.5 Å². The topological polar surface area (TPSA) is 86.8 Å². The van der Waals surface area contributed by atoms with Crippen molar-refractivity contribution >= 4 is 32.5 Å². The Morgan fingerprint density at radius 3 is 2.19 bits per heavy atom. The molecule has 2 aliphatic rings. The summed E-state index contributed by atoms with van der Waals surface area (Å²) in [7, 11) is -7.37. The lowest BCUT2D eigenvalue weighted by Crippen LogP contribution is -2.52. The number of hydrogen-bond acceptors (Lipinski definition) is 5. The maximum Gasteiger partial charge on any atom is 0.243 e. The van der Waals surface area contributed by atoms with Crippen LogP contribution < -0.4 is 5.32 Å². The molecule has 3 rings (SSSR count). The molecule has 7 nitrogen and oxygen atoms in total. The Balaban J connectivity index is 0.00000243. The Morgan fingerprint density at radius 2 is 1.58 bits per heavy atom. The van der Waals surface area contributed by atoms with E-state index in [4.69, 9.17) is 0 Å². The predicted molar refractivity (Wildman–Crippen MR) is 103 cm³/mol. The quantitative estimate of drug-likeness (QED) is 0.787. The van der Waals surface area contributed by atoms with Crippen molar-refractivity contribution in [1.82, 2.24) is 13.9 Å². The van der Waals surface area contributed by atoms with Crippen LogP contribution in [0.5, 0.6) is 0 Å². The fraction of sp³-hybridized carbons (Fsp3) is 0.625. The third-order valence-corrected chi connectivity index (χ3v) is 8.71. The number of sulfonamides is 2. The molecule has 0 spiro atoms. The molecule has 0 saturated carbocycles. The van der Waals surface area contributed by atoms with E-state index in [1.54, 1.807) is 0 Å². The van der Waals surface area contributed by atoms with Gasteiger partial charge in [0.25, 0.3) is 0 Å². The van der Waals surface area contributed by atoms with E-state index in [9.17, 15) is 16.8 Å². The van der Waals surface area contributed by atoms with E-state index in [-0.39, 0.29) is 28.2 Å². The minimum Gasteiger partial charge on any atom is -0.314 e. The zero-order valence-corrected chi connectivity index (χ0v) is 17.2. The maximum absolute atomic E-state index is 12.9. The van der Waals surface area contributed by atoms with Crippen LogP contribution in [0.4, 0.5) is 0 Å². The Hall–Kier alpha value is -0.710. The molecule has 2 saturated heterocycles. The maximum atomic E-state index is 12.9. The number of hydrogen-bond donors (Lipinski definition) is 1. The first-order valence-corrected chi connectivity index (χ1v) is 11.5. The van der Waals surface area contributed by atoms with Crippen molar-refractivity contribution in [3.63, 3.8) is 0 Å². The summed E-state index contributed by atoms with van der Waals surface area (Å²) in [6.07, 6.45) is 2.71. The molecule has 1 aromatic carbocycles. The van der Waals surface area contributed by atoms with Gasteiger partial charge in [0.05, 0.1) is 9.79 Å². The lowest BCUT2D eigenvalue weighted by molar-refractivity contribution is 0.284. The highest BCUT2D eigenvalue weighted by atomic mass is 35.5. The van der Waals surface area contributed by atoms with E-state index in [0.717, 1.165) is 19.3 Å². The third-order valence-electron chi connectivity index (χ3n) is 4.81. The zero-order valence-electron chi connectivity index (χ0n) is 14.8. The standard InChI is InChI=1S/C16H25N3O4S2.ClH/c1-14-13-17-8-11-19(14)25(22,23)16-7-5-6-15(12-16)24(20,21)18-9-3-2-4-10-18;/h5-7,12,14,17H,2-4,8-11,13H2,1H3;1H. The Kier molecular flexibility index (Phi) is 7.09. The number of rotatable bonds is 4. The molecule has 0 radical (unpaired) electrons. The van der Waals surface area contributed by atoms with Crippen LogP contribution in [0.25, 0.3) is 0 Å². The van der Waals surface area contributed by atoms with Gasteiger partial charge in [-0.2, -0.15) is 8.61 Å². The van der Waals surface area contributed by atoms with Crippen LogP contribution >= 0.6 is 12.4 Å². The lowest BCUT2D eigenvalue weighted by atomic mass is 10.2. The van der Waals surface area contributed by atoms with Crippen LogP contribution in [-0.2, 0) is 20.0 Å². The molecule has 1 N–H and O–H groups in total. The summed E-state index contributed by atoms with van der Waals surface area (Å²) >= 11 is 0. The smallest absolute Gasteiger partial charge is 0.243 e. The first-order valence-electron chi connectivity index (χ1n) is 8.66. The monoisotopic (exact) mass is 423 g/mol. The number of piperazine rings is 1. The number of piperidine rings is 1. The zero-order chi connectivity index (χ0) is 18.1. The van der Waals surface area contributed by atoms with Crippen LogP contribution in [-0.4, -0.2) is 64.2 Å². The Bertz CT molecular complexity index is 824. The minimum absolute atomic E-state index is 0. The molecule has 2 aliphatic heterocycles. The molecule has 2 heterocycles. The first kappa shape index (κ1) is 21.6. The highest BCUT2D eigenvalue weighted by Gasteiger charge is 2.32. The van der Waals surface area contributed by atoms with E-state index in [2.05, 4.69) is 5.32 Å². The van der Waals surface area contributed by atoms with E-state index in [0.29, 0.717) is 32.7 Å². The average molecular weight is 424 g/mol. The summed E-state index contributed by atoms with van der Waals surface area (Å²) in [4.78, 5) is 0.0950. The predicted octanol–water partition coefficient (Wildman–Crippen LogP) is 1.27. The van der Waals surface area contributed by atoms with Gasteiger partial charge in [0.1, 0.15) is 0 Å². The average Bonchev–Trinajstić information content (AvgIpc) is 2.63. The van der Waals surface area contributed by atoms with Gasteiger partial charge < -0.3 is 5.32 Å². The van der Waals surface area contributed by atoms with Crippen molar-refractivity contribution in [2.45, 2.75) is 42.0 Å². The van der Waals surface area contributed by atoms with Gasteiger partial charge in [-0.25, -0.2) is 16.8 Å². The van der Waals surface area contributed by atoms with Gasteiger partial charge in [0.15, 0.2) is 0 Å². The molecule has 1 unspecified atom stereocenters. The number of benzene rings is 1. The molecule has 148 valence electrons. The SMILES string of the molecule is CC1CNCCN1S(=O)(=O)c1cccc(S(=O)(=O)N2CCCCC2)c1.Cl. The molecule has 26 heavy (non-hydrogen) atoms. The summed E-state index contributed by atoms with van der Waals surface area (Å²) in [6, 6.07) is 5.59. The number of halogens is 1. The van der Waals surface area contributed by atoms with Crippen molar-refractivity contribution < 1.29 is 16.8 Å². The Morgan fingerprint density at radius 1 is 0.962 bits per heavy atom. The van der Waals surface area contributed by atoms with Crippen LogP contribution in [0.2, 0.25) is 0 Å². The first-order chi connectivity index (χ1) is 11.8. The summed E-state index contributed by atoms with van der Waals surface area (Å²) < 4.78 is 54.4. The molecule has 0 bridgehead atoms. The van der Waals surface area contributed by atoms with Gasteiger partial charge >= 0.3 is 0 Å². The second-order valence-electron chi connectivity index (χ2n) is 6.61. The van der Waals surface area contributed by atoms with Crippen molar-refractivity contribution in [2.75, 3.05) is 32.7 Å². The van der Waals surface area contributed by atoms with Crippen molar-refractivity contribution in [1.29, 1.82) is 0 Å². The molecule has 0 amide bonds. The molecule has 1 aromatic rings. The van der Waals surface area contributed by atoms with Gasteiger partial charge in [0, 0.05) is 38.8 Å². The van der Waals surface area contributed by atoms with Gasteiger partial charge in [-0.3, -0.25) is 0 Å². The summed E-state index contributed by atoms with van der Waals surface area (Å²) in [5.74, 6) is 0. The second kappa shape index (κ2) is 8.53. The highest BCUT2D eigenvalue weighted by Crippen LogP contribution is 2.25.